The fourth-order valence-corrected chi connectivity index (χ4v) is 3.14. The van der Waals surface area contributed by atoms with Crippen LogP contribution in [0.25, 0.3) is 0 Å². The summed E-state index contributed by atoms with van der Waals surface area (Å²) in [6.45, 7) is 7.61. The van der Waals surface area contributed by atoms with E-state index in [4.69, 9.17) is 0 Å². The maximum atomic E-state index is 4.64. The predicted octanol–water partition coefficient (Wildman–Crippen LogP) is 4.00. The standard InChI is InChI=1S/C15H22N2S/c1-4-15(3,5-2)17-14-16-11-13(18-14)12-9-7-6-8-10-12/h6-10,13H,4-5,11H2,1-3H3,(H,16,17). The third-order valence-electron chi connectivity index (χ3n) is 3.80. The highest BCUT2D eigenvalue weighted by atomic mass is 32.2. The van der Waals surface area contributed by atoms with Crippen LogP contribution in [-0.2, 0) is 0 Å². The predicted molar refractivity (Wildman–Crippen MR) is 81.2 cm³/mol. The quantitative estimate of drug-likeness (QED) is 0.887. The van der Waals surface area contributed by atoms with Crippen LogP contribution in [0.15, 0.2) is 35.3 Å². The van der Waals surface area contributed by atoms with Gasteiger partial charge >= 0.3 is 0 Å². The fraction of sp³-hybridized carbons (Fsp3) is 0.533. The van der Waals surface area contributed by atoms with Gasteiger partial charge in [-0.05, 0) is 25.3 Å². The van der Waals surface area contributed by atoms with E-state index in [-0.39, 0.29) is 5.54 Å². The molecule has 1 aliphatic heterocycles. The molecule has 0 saturated carbocycles. The lowest BCUT2D eigenvalue weighted by molar-refractivity contribution is 0.391. The number of thioether (sulfide) groups is 1. The van der Waals surface area contributed by atoms with Crippen LogP contribution in [0, 0.1) is 0 Å². The van der Waals surface area contributed by atoms with Crippen molar-refractivity contribution in [3.05, 3.63) is 35.9 Å². The first-order valence-electron chi connectivity index (χ1n) is 6.71. The van der Waals surface area contributed by atoms with Gasteiger partial charge < -0.3 is 5.32 Å². The van der Waals surface area contributed by atoms with E-state index in [1.807, 2.05) is 11.8 Å². The fourth-order valence-electron chi connectivity index (χ4n) is 1.97. The second-order valence-corrected chi connectivity index (χ2v) is 6.25. The Hall–Kier alpha value is -0.960. The Labute approximate surface area is 114 Å². The van der Waals surface area contributed by atoms with E-state index in [0.29, 0.717) is 5.25 Å². The molecule has 0 spiro atoms. The van der Waals surface area contributed by atoms with Crippen molar-refractivity contribution in [3.8, 4) is 0 Å². The van der Waals surface area contributed by atoms with E-state index in [0.717, 1.165) is 24.6 Å². The normalized spacial score (nSPS) is 19.7. The largest absolute Gasteiger partial charge is 0.360 e. The molecule has 1 atom stereocenters. The molecule has 1 heterocycles. The summed E-state index contributed by atoms with van der Waals surface area (Å²) >= 11 is 1.86. The molecule has 0 amide bonds. The van der Waals surface area contributed by atoms with Gasteiger partial charge in [-0.2, -0.15) is 0 Å². The first kappa shape index (κ1) is 13.5. The lowest BCUT2D eigenvalue weighted by Crippen LogP contribution is -2.43. The van der Waals surface area contributed by atoms with Crippen molar-refractivity contribution in [2.24, 2.45) is 4.99 Å². The summed E-state index contributed by atoms with van der Waals surface area (Å²) in [6, 6.07) is 10.6. The van der Waals surface area contributed by atoms with Crippen molar-refractivity contribution in [1.82, 2.24) is 5.32 Å². The lowest BCUT2D eigenvalue weighted by atomic mass is 9.96. The number of rotatable bonds is 4. The van der Waals surface area contributed by atoms with E-state index in [1.54, 1.807) is 0 Å². The Balaban J connectivity index is 1.96. The molecule has 2 rings (SSSR count). The molecule has 0 fully saturated rings. The maximum Gasteiger partial charge on any atom is 0.157 e. The minimum Gasteiger partial charge on any atom is -0.360 e. The number of nitrogens with one attached hydrogen (secondary N) is 1. The minimum atomic E-state index is 0.178. The zero-order valence-corrected chi connectivity index (χ0v) is 12.3. The Morgan fingerprint density at radius 2 is 1.94 bits per heavy atom. The van der Waals surface area contributed by atoms with E-state index < -0.39 is 0 Å². The van der Waals surface area contributed by atoms with Gasteiger partial charge in [-0.15, -0.1) is 0 Å². The molecular weight excluding hydrogens is 240 g/mol. The van der Waals surface area contributed by atoms with Crippen LogP contribution in [0.1, 0.15) is 44.4 Å². The number of amidine groups is 1. The van der Waals surface area contributed by atoms with Gasteiger partial charge in [0, 0.05) is 5.54 Å². The van der Waals surface area contributed by atoms with Crippen LogP contribution in [-0.4, -0.2) is 17.3 Å². The number of nitrogens with zero attached hydrogens (tertiary/aromatic N) is 1. The molecule has 1 unspecified atom stereocenters. The average Bonchev–Trinajstić information content (AvgIpc) is 2.88. The molecule has 0 radical (unpaired) electrons. The van der Waals surface area contributed by atoms with Gasteiger partial charge in [-0.3, -0.25) is 4.99 Å². The molecule has 1 aliphatic rings. The zero-order chi connectivity index (χ0) is 13.0. The Bertz CT molecular complexity index is 410. The second-order valence-electron chi connectivity index (χ2n) is 5.06. The van der Waals surface area contributed by atoms with Gasteiger partial charge in [0.2, 0.25) is 0 Å². The third kappa shape index (κ3) is 3.08. The van der Waals surface area contributed by atoms with Crippen molar-refractivity contribution >= 4 is 16.9 Å². The summed E-state index contributed by atoms with van der Waals surface area (Å²) in [5.41, 5.74) is 1.55. The van der Waals surface area contributed by atoms with Crippen LogP contribution in [0.4, 0.5) is 0 Å². The maximum absolute atomic E-state index is 4.64. The smallest absolute Gasteiger partial charge is 0.157 e. The molecule has 1 aromatic rings. The van der Waals surface area contributed by atoms with Gasteiger partial charge in [0.25, 0.3) is 0 Å². The molecule has 3 heteroatoms. The third-order valence-corrected chi connectivity index (χ3v) is 4.96. The monoisotopic (exact) mass is 262 g/mol. The molecular formula is C15H22N2S. The Kier molecular flexibility index (Phi) is 4.33. The van der Waals surface area contributed by atoms with Crippen LogP contribution in [0.2, 0.25) is 0 Å². The topological polar surface area (TPSA) is 24.4 Å². The highest BCUT2D eigenvalue weighted by Gasteiger charge is 2.26. The molecule has 0 aliphatic carbocycles. The number of aliphatic imine (C=N–C) groups is 1. The molecule has 98 valence electrons. The van der Waals surface area contributed by atoms with Crippen LogP contribution < -0.4 is 5.32 Å². The van der Waals surface area contributed by atoms with Crippen LogP contribution in [0.3, 0.4) is 0 Å². The number of hydrogen-bond acceptors (Lipinski definition) is 3. The highest BCUT2D eigenvalue weighted by molar-refractivity contribution is 8.14. The summed E-state index contributed by atoms with van der Waals surface area (Å²) in [5.74, 6) is 0. The van der Waals surface area contributed by atoms with Gasteiger partial charge in [-0.1, -0.05) is 55.9 Å². The molecule has 18 heavy (non-hydrogen) atoms. The lowest BCUT2D eigenvalue weighted by Gasteiger charge is -2.29. The van der Waals surface area contributed by atoms with Crippen molar-refractivity contribution in [2.45, 2.75) is 44.4 Å². The van der Waals surface area contributed by atoms with E-state index >= 15 is 0 Å². The molecule has 0 saturated heterocycles. The number of hydrogen-bond donors (Lipinski definition) is 1. The Morgan fingerprint density at radius 1 is 1.28 bits per heavy atom. The van der Waals surface area contributed by atoms with Gasteiger partial charge in [0.05, 0.1) is 11.8 Å². The Morgan fingerprint density at radius 3 is 2.56 bits per heavy atom. The zero-order valence-electron chi connectivity index (χ0n) is 11.4. The van der Waals surface area contributed by atoms with Crippen LogP contribution in [0.5, 0.6) is 0 Å². The molecule has 2 nitrogen and oxygen atoms in total. The van der Waals surface area contributed by atoms with Gasteiger partial charge in [0.15, 0.2) is 5.17 Å². The number of benzene rings is 1. The molecule has 1 aromatic carbocycles. The average molecular weight is 262 g/mol. The van der Waals surface area contributed by atoms with Gasteiger partial charge in [-0.25, -0.2) is 0 Å². The summed E-state index contributed by atoms with van der Waals surface area (Å²) < 4.78 is 0. The first-order valence-corrected chi connectivity index (χ1v) is 7.59. The SMILES string of the molecule is CCC(C)(CC)NC1=NCC(c2ccccc2)S1. The van der Waals surface area contributed by atoms with Crippen LogP contribution >= 0.6 is 11.8 Å². The highest BCUT2D eigenvalue weighted by Crippen LogP contribution is 2.35. The van der Waals surface area contributed by atoms with Crippen molar-refractivity contribution in [2.75, 3.05) is 6.54 Å². The minimum absolute atomic E-state index is 0.178. The summed E-state index contributed by atoms with van der Waals surface area (Å²) in [5, 5.41) is 5.19. The summed E-state index contributed by atoms with van der Waals surface area (Å²) in [4.78, 5) is 4.64. The molecule has 0 aromatic heterocycles. The van der Waals surface area contributed by atoms with Gasteiger partial charge in [0.1, 0.15) is 0 Å². The van der Waals surface area contributed by atoms with E-state index in [2.05, 4.69) is 61.4 Å². The molecule has 1 N–H and O–H groups in total. The second kappa shape index (κ2) is 5.79. The van der Waals surface area contributed by atoms with E-state index in [9.17, 15) is 0 Å². The first-order chi connectivity index (χ1) is 8.67. The van der Waals surface area contributed by atoms with Crippen molar-refractivity contribution in [3.63, 3.8) is 0 Å². The van der Waals surface area contributed by atoms with Crippen molar-refractivity contribution < 1.29 is 0 Å². The van der Waals surface area contributed by atoms with E-state index in [1.165, 1.54) is 5.56 Å². The summed E-state index contributed by atoms with van der Waals surface area (Å²) in [6.07, 6.45) is 2.25. The van der Waals surface area contributed by atoms with Crippen molar-refractivity contribution in [1.29, 1.82) is 0 Å². The molecule has 0 bridgehead atoms. The summed E-state index contributed by atoms with van der Waals surface area (Å²) in [7, 11) is 0.